The summed E-state index contributed by atoms with van der Waals surface area (Å²) in [6.45, 7) is 2.76. The van der Waals surface area contributed by atoms with Crippen molar-refractivity contribution in [2.45, 2.75) is 51.9 Å². The molecule has 2 nitrogen and oxygen atoms in total. The van der Waals surface area contributed by atoms with Gasteiger partial charge in [-0.15, -0.1) is 0 Å². The Morgan fingerprint density at radius 3 is 2.12 bits per heavy atom. The van der Waals surface area contributed by atoms with Crippen molar-refractivity contribution in [3.05, 3.63) is 59.7 Å². The van der Waals surface area contributed by atoms with Crippen molar-refractivity contribution in [3.63, 3.8) is 0 Å². The molecular formula is C23H28O2. The monoisotopic (exact) mass is 336 g/mol. The summed E-state index contributed by atoms with van der Waals surface area (Å²) in [5.74, 6) is 0.356. The third-order valence-electron chi connectivity index (χ3n) is 5.12. The Labute approximate surface area is 151 Å². The minimum atomic E-state index is -0.199. The molecule has 1 aliphatic rings. The largest absolute Gasteiger partial charge is 0.462 e. The summed E-state index contributed by atoms with van der Waals surface area (Å²) in [7, 11) is 0. The van der Waals surface area contributed by atoms with Crippen molar-refractivity contribution >= 4 is 5.97 Å². The molecule has 2 aromatic carbocycles. The van der Waals surface area contributed by atoms with Gasteiger partial charge in [0.1, 0.15) is 0 Å². The van der Waals surface area contributed by atoms with E-state index in [9.17, 15) is 4.79 Å². The van der Waals surface area contributed by atoms with Crippen LogP contribution in [0.3, 0.4) is 0 Å². The normalized spacial score (nSPS) is 15.1. The maximum absolute atomic E-state index is 12.2. The molecule has 0 N–H and O–H groups in total. The Balaban J connectivity index is 1.58. The first kappa shape index (κ1) is 17.7. The lowest BCUT2D eigenvalue weighted by Gasteiger charge is -2.21. The van der Waals surface area contributed by atoms with Crippen molar-refractivity contribution in [1.82, 2.24) is 0 Å². The van der Waals surface area contributed by atoms with Crippen LogP contribution in [0.4, 0.5) is 0 Å². The number of ether oxygens (including phenoxy) is 1. The Hall–Kier alpha value is -2.09. The van der Waals surface area contributed by atoms with Gasteiger partial charge in [0.2, 0.25) is 0 Å². The van der Waals surface area contributed by atoms with Crippen LogP contribution in [0.1, 0.15) is 61.4 Å². The quantitative estimate of drug-likeness (QED) is 0.601. The lowest BCUT2D eigenvalue weighted by Crippen LogP contribution is -2.16. The molecule has 1 aliphatic carbocycles. The second-order valence-electron chi connectivity index (χ2n) is 7.13. The molecule has 132 valence electrons. The Bertz CT molecular complexity index is 664. The van der Waals surface area contributed by atoms with E-state index in [1.807, 2.05) is 24.3 Å². The number of carbonyl (C=O) groups excluding carboxylic acids is 1. The second-order valence-corrected chi connectivity index (χ2v) is 7.13. The van der Waals surface area contributed by atoms with Gasteiger partial charge in [-0.05, 0) is 54.0 Å². The van der Waals surface area contributed by atoms with Gasteiger partial charge < -0.3 is 4.74 Å². The third kappa shape index (κ3) is 4.94. The highest BCUT2D eigenvalue weighted by Crippen LogP contribution is 2.24. The Morgan fingerprint density at radius 2 is 1.52 bits per heavy atom. The van der Waals surface area contributed by atoms with Crippen LogP contribution in [0.15, 0.2) is 48.5 Å². The summed E-state index contributed by atoms with van der Waals surface area (Å²) in [5, 5.41) is 0. The standard InChI is InChI=1S/C23H28O2/c1-2-6-18-9-11-20(12-10-18)21-13-15-22(16-14-21)23(24)25-17-19-7-4-3-5-8-19/h9-16,19H,2-8,17H2,1H3. The van der Waals surface area contributed by atoms with Crippen molar-refractivity contribution in [2.24, 2.45) is 5.92 Å². The molecule has 1 fully saturated rings. The summed E-state index contributed by atoms with van der Waals surface area (Å²) in [4.78, 5) is 12.2. The molecule has 25 heavy (non-hydrogen) atoms. The van der Waals surface area contributed by atoms with Gasteiger partial charge in [0.25, 0.3) is 0 Å². The van der Waals surface area contributed by atoms with E-state index in [1.165, 1.54) is 43.2 Å². The minimum absolute atomic E-state index is 0.199. The topological polar surface area (TPSA) is 26.3 Å². The van der Waals surface area contributed by atoms with E-state index >= 15 is 0 Å². The second kappa shape index (κ2) is 8.84. The number of benzene rings is 2. The van der Waals surface area contributed by atoms with Crippen LogP contribution >= 0.6 is 0 Å². The van der Waals surface area contributed by atoms with Crippen LogP contribution < -0.4 is 0 Å². The maximum Gasteiger partial charge on any atom is 0.338 e. The molecule has 0 atom stereocenters. The molecular weight excluding hydrogens is 308 g/mol. The smallest absolute Gasteiger partial charge is 0.338 e. The molecule has 0 bridgehead atoms. The van der Waals surface area contributed by atoms with Crippen LogP contribution in [0, 0.1) is 5.92 Å². The highest BCUT2D eigenvalue weighted by molar-refractivity contribution is 5.90. The van der Waals surface area contributed by atoms with Gasteiger partial charge in [-0.2, -0.15) is 0 Å². The van der Waals surface area contributed by atoms with Gasteiger partial charge in [-0.3, -0.25) is 0 Å². The molecule has 2 aromatic rings. The molecule has 1 saturated carbocycles. The van der Waals surface area contributed by atoms with Gasteiger partial charge in [-0.25, -0.2) is 4.79 Å². The van der Waals surface area contributed by atoms with Crippen molar-refractivity contribution < 1.29 is 9.53 Å². The number of rotatable bonds is 6. The number of esters is 1. The van der Waals surface area contributed by atoms with E-state index in [0.717, 1.165) is 18.4 Å². The lowest BCUT2D eigenvalue weighted by atomic mass is 9.90. The third-order valence-corrected chi connectivity index (χ3v) is 5.12. The van der Waals surface area contributed by atoms with Gasteiger partial charge >= 0.3 is 5.97 Å². The minimum Gasteiger partial charge on any atom is -0.462 e. The summed E-state index contributed by atoms with van der Waals surface area (Å²) >= 11 is 0. The van der Waals surface area contributed by atoms with Gasteiger partial charge in [0.05, 0.1) is 12.2 Å². The Morgan fingerprint density at radius 1 is 0.920 bits per heavy atom. The van der Waals surface area contributed by atoms with Crippen molar-refractivity contribution in [2.75, 3.05) is 6.61 Å². The molecule has 0 aromatic heterocycles. The zero-order valence-electron chi connectivity index (χ0n) is 15.2. The number of carbonyl (C=O) groups is 1. The zero-order valence-corrected chi connectivity index (χ0v) is 15.2. The fourth-order valence-electron chi connectivity index (χ4n) is 3.58. The summed E-state index contributed by atoms with van der Waals surface area (Å²) < 4.78 is 5.52. The molecule has 0 saturated heterocycles. The van der Waals surface area contributed by atoms with E-state index in [4.69, 9.17) is 4.74 Å². The first-order valence-corrected chi connectivity index (χ1v) is 9.63. The fourth-order valence-corrected chi connectivity index (χ4v) is 3.58. The van der Waals surface area contributed by atoms with E-state index in [0.29, 0.717) is 18.1 Å². The van der Waals surface area contributed by atoms with Crippen molar-refractivity contribution in [3.8, 4) is 11.1 Å². The molecule has 0 spiro atoms. The molecule has 0 heterocycles. The van der Waals surface area contributed by atoms with Crippen LogP contribution in [0.25, 0.3) is 11.1 Å². The maximum atomic E-state index is 12.2. The SMILES string of the molecule is CCCc1ccc(-c2ccc(C(=O)OCC3CCCCC3)cc2)cc1. The zero-order chi connectivity index (χ0) is 17.5. The Kier molecular flexibility index (Phi) is 6.27. The summed E-state index contributed by atoms with van der Waals surface area (Å²) in [5.41, 5.74) is 4.32. The first-order valence-electron chi connectivity index (χ1n) is 9.63. The molecule has 0 radical (unpaired) electrons. The van der Waals surface area contributed by atoms with Crippen LogP contribution in [-0.2, 0) is 11.2 Å². The van der Waals surface area contributed by atoms with Gasteiger partial charge in [-0.1, -0.05) is 69.0 Å². The number of aryl methyl sites for hydroxylation is 1. The summed E-state index contributed by atoms with van der Waals surface area (Å²) in [6.07, 6.45) is 8.54. The van der Waals surface area contributed by atoms with E-state index in [2.05, 4.69) is 31.2 Å². The molecule has 0 unspecified atom stereocenters. The van der Waals surface area contributed by atoms with E-state index < -0.39 is 0 Å². The first-order chi connectivity index (χ1) is 12.3. The molecule has 2 heteroatoms. The van der Waals surface area contributed by atoms with Crippen LogP contribution in [-0.4, -0.2) is 12.6 Å². The summed E-state index contributed by atoms with van der Waals surface area (Å²) in [6, 6.07) is 16.4. The van der Waals surface area contributed by atoms with E-state index in [1.54, 1.807) is 0 Å². The average molecular weight is 336 g/mol. The van der Waals surface area contributed by atoms with Crippen LogP contribution in [0.2, 0.25) is 0 Å². The predicted octanol–water partition coefficient (Wildman–Crippen LogP) is 6.04. The van der Waals surface area contributed by atoms with Crippen molar-refractivity contribution in [1.29, 1.82) is 0 Å². The average Bonchev–Trinajstić information content (AvgIpc) is 2.68. The molecule has 0 aliphatic heterocycles. The highest BCUT2D eigenvalue weighted by Gasteiger charge is 2.16. The predicted molar refractivity (Wildman–Crippen MR) is 103 cm³/mol. The van der Waals surface area contributed by atoms with Gasteiger partial charge in [0.15, 0.2) is 0 Å². The number of hydrogen-bond donors (Lipinski definition) is 0. The fraction of sp³-hybridized carbons (Fsp3) is 0.435. The lowest BCUT2D eigenvalue weighted by molar-refractivity contribution is 0.0410. The number of hydrogen-bond acceptors (Lipinski definition) is 2. The van der Waals surface area contributed by atoms with E-state index in [-0.39, 0.29) is 5.97 Å². The highest BCUT2D eigenvalue weighted by atomic mass is 16.5. The van der Waals surface area contributed by atoms with Crippen LogP contribution in [0.5, 0.6) is 0 Å². The molecule has 0 amide bonds. The van der Waals surface area contributed by atoms with Gasteiger partial charge in [0, 0.05) is 0 Å². The molecule has 3 rings (SSSR count).